The number of rotatable bonds is 1. The van der Waals surface area contributed by atoms with E-state index in [-0.39, 0.29) is 16.0 Å². The number of nitrogens with zero attached hydrogens (tertiary/aromatic N) is 3. The van der Waals surface area contributed by atoms with E-state index in [1.165, 1.54) is 13.3 Å². The van der Waals surface area contributed by atoms with Gasteiger partial charge >= 0.3 is 6.18 Å². The molecule has 4 nitrogen and oxygen atoms in total. The van der Waals surface area contributed by atoms with Crippen LogP contribution in [0.15, 0.2) is 12.4 Å². The molecule has 0 aliphatic heterocycles. The molecule has 96 valence electrons. The summed E-state index contributed by atoms with van der Waals surface area (Å²) in [6.07, 6.45) is -3.19. The van der Waals surface area contributed by atoms with E-state index >= 15 is 0 Å². The molecule has 2 aromatic rings. The van der Waals surface area contributed by atoms with Gasteiger partial charge < -0.3 is 0 Å². The van der Waals surface area contributed by atoms with E-state index in [9.17, 15) is 13.2 Å². The summed E-state index contributed by atoms with van der Waals surface area (Å²) in [5, 5.41) is 2.23. The van der Waals surface area contributed by atoms with Crippen LogP contribution in [0.4, 0.5) is 13.2 Å². The Morgan fingerprint density at radius 2 is 1.94 bits per heavy atom. The number of aromatic nitrogens is 4. The third kappa shape index (κ3) is 2.15. The SMILES string of the molecule is Cc1cc(-n2[nH]c(C(F)(F)F)c(C)c2=S)ncn1. The highest BCUT2D eigenvalue weighted by molar-refractivity contribution is 7.71. The van der Waals surface area contributed by atoms with Crippen molar-refractivity contribution in [1.29, 1.82) is 0 Å². The Bertz CT molecular complexity index is 641. The van der Waals surface area contributed by atoms with Crippen molar-refractivity contribution in [3.05, 3.63) is 34.0 Å². The van der Waals surface area contributed by atoms with Gasteiger partial charge in [-0.15, -0.1) is 0 Å². The third-order valence-corrected chi connectivity index (χ3v) is 2.91. The van der Waals surface area contributed by atoms with E-state index < -0.39 is 11.9 Å². The van der Waals surface area contributed by atoms with Gasteiger partial charge in [-0.3, -0.25) is 5.10 Å². The lowest BCUT2D eigenvalue weighted by molar-refractivity contribution is -0.141. The van der Waals surface area contributed by atoms with Crippen LogP contribution in [0.5, 0.6) is 0 Å². The average Bonchev–Trinajstić information content (AvgIpc) is 2.55. The predicted molar refractivity (Wildman–Crippen MR) is 61.0 cm³/mol. The summed E-state index contributed by atoms with van der Waals surface area (Å²) in [7, 11) is 0. The number of alkyl halides is 3. The number of halogens is 3. The molecule has 2 heterocycles. The second kappa shape index (κ2) is 4.20. The highest BCUT2D eigenvalue weighted by Crippen LogP contribution is 2.31. The van der Waals surface area contributed by atoms with Crippen LogP contribution in [0.2, 0.25) is 0 Å². The van der Waals surface area contributed by atoms with Gasteiger partial charge in [0.2, 0.25) is 0 Å². The van der Waals surface area contributed by atoms with E-state index in [0.29, 0.717) is 5.69 Å². The third-order valence-electron chi connectivity index (χ3n) is 2.42. The number of aromatic amines is 1. The molecule has 0 saturated heterocycles. The van der Waals surface area contributed by atoms with Crippen LogP contribution in [-0.4, -0.2) is 19.7 Å². The summed E-state index contributed by atoms with van der Waals surface area (Å²) in [4.78, 5) is 7.77. The summed E-state index contributed by atoms with van der Waals surface area (Å²) in [6.45, 7) is 3.04. The van der Waals surface area contributed by atoms with Crippen LogP contribution in [0.3, 0.4) is 0 Å². The maximum atomic E-state index is 12.7. The zero-order chi connectivity index (χ0) is 13.5. The highest BCUT2D eigenvalue weighted by Gasteiger charge is 2.35. The monoisotopic (exact) mass is 274 g/mol. The molecule has 2 aromatic heterocycles. The van der Waals surface area contributed by atoms with E-state index in [4.69, 9.17) is 12.2 Å². The van der Waals surface area contributed by atoms with Gasteiger partial charge in [0.15, 0.2) is 5.82 Å². The van der Waals surface area contributed by atoms with Gasteiger partial charge in [0, 0.05) is 17.3 Å². The number of H-pyrrole nitrogens is 1. The fraction of sp³-hybridized carbons (Fsp3) is 0.300. The molecule has 0 saturated carbocycles. The second-order valence-corrected chi connectivity index (χ2v) is 4.15. The highest BCUT2D eigenvalue weighted by atomic mass is 32.1. The molecular weight excluding hydrogens is 265 g/mol. The minimum Gasteiger partial charge on any atom is -0.287 e. The zero-order valence-electron chi connectivity index (χ0n) is 9.54. The van der Waals surface area contributed by atoms with Gasteiger partial charge in [0.05, 0.1) is 0 Å². The van der Waals surface area contributed by atoms with Gasteiger partial charge in [0.25, 0.3) is 0 Å². The van der Waals surface area contributed by atoms with Crippen LogP contribution in [0, 0.1) is 18.5 Å². The van der Waals surface area contributed by atoms with Crippen LogP contribution in [0.25, 0.3) is 5.82 Å². The quantitative estimate of drug-likeness (QED) is 0.813. The van der Waals surface area contributed by atoms with E-state index in [0.717, 1.165) is 4.68 Å². The Kier molecular flexibility index (Phi) is 2.97. The zero-order valence-corrected chi connectivity index (χ0v) is 10.4. The number of hydrogen-bond donors (Lipinski definition) is 1. The van der Waals surface area contributed by atoms with Gasteiger partial charge in [-0.05, 0) is 13.8 Å². The van der Waals surface area contributed by atoms with Gasteiger partial charge in [-0.1, -0.05) is 12.2 Å². The normalized spacial score (nSPS) is 11.8. The number of hydrogen-bond acceptors (Lipinski definition) is 3. The Labute approximate surface area is 105 Å². The molecule has 1 N–H and O–H groups in total. The summed E-state index contributed by atoms with van der Waals surface area (Å²) >= 11 is 4.98. The fourth-order valence-corrected chi connectivity index (χ4v) is 1.76. The largest absolute Gasteiger partial charge is 0.433 e. The van der Waals surface area contributed by atoms with E-state index in [1.807, 2.05) is 0 Å². The van der Waals surface area contributed by atoms with Crippen LogP contribution < -0.4 is 0 Å². The maximum absolute atomic E-state index is 12.7. The van der Waals surface area contributed by atoms with Gasteiger partial charge in [-0.2, -0.15) is 13.2 Å². The van der Waals surface area contributed by atoms with Crippen LogP contribution in [0.1, 0.15) is 17.0 Å². The smallest absolute Gasteiger partial charge is 0.287 e. The molecule has 0 amide bonds. The summed E-state index contributed by atoms with van der Waals surface area (Å²) in [5.41, 5.74) is -0.236. The van der Waals surface area contributed by atoms with Crippen molar-refractivity contribution in [2.24, 2.45) is 0 Å². The first-order valence-electron chi connectivity index (χ1n) is 4.98. The van der Waals surface area contributed by atoms with Gasteiger partial charge in [-0.25, -0.2) is 14.6 Å². The molecule has 8 heteroatoms. The standard InChI is InChI=1S/C10H9F3N4S/c1-5-3-7(15-4-14-5)17-9(18)6(2)8(16-17)10(11,12)13/h3-4,16H,1-2H3. The first-order chi connectivity index (χ1) is 8.30. The second-order valence-electron chi connectivity index (χ2n) is 3.77. The van der Waals surface area contributed by atoms with E-state index in [1.54, 1.807) is 13.0 Å². The molecule has 0 spiro atoms. The van der Waals surface area contributed by atoms with Crippen molar-refractivity contribution in [2.75, 3.05) is 0 Å². The molecule has 0 aliphatic rings. The minimum atomic E-state index is -4.47. The molecule has 0 fully saturated rings. The van der Waals surface area contributed by atoms with Crippen molar-refractivity contribution in [3.63, 3.8) is 0 Å². The molecule has 0 radical (unpaired) electrons. The predicted octanol–water partition coefficient (Wildman–Crippen LogP) is 2.96. The molecule has 0 unspecified atom stereocenters. The molecular formula is C10H9F3N4S. The van der Waals surface area contributed by atoms with Crippen LogP contribution in [-0.2, 0) is 6.18 Å². The Hall–Kier alpha value is -1.70. The lowest BCUT2D eigenvalue weighted by Gasteiger charge is -2.04. The lowest BCUT2D eigenvalue weighted by atomic mass is 10.3. The Balaban J connectivity index is 2.64. The van der Waals surface area contributed by atoms with Crippen LogP contribution >= 0.6 is 12.2 Å². The average molecular weight is 274 g/mol. The molecule has 2 rings (SSSR count). The minimum absolute atomic E-state index is 0.0197. The molecule has 0 atom stereocenters. The fourth-order valence-electron chi connectivity index (χ4n) is 1.52. The van der Waals surface area contributed by atoms with Gasteiger partial charge in [0.1, 0.15) is 16.7 Å². The molecule has 0 aromatic carbocycles. The lowest BCUT2D eigenvalue weighted by Crippen LogP contribution is -2.09. The maximum Gasteiger partial charge on any atom is 0.433 e. The summed E-state index contributed by atoms with van der Waals surface area (Å²) in [6, 6.07) is 1.55. The van der Waals surface area contributed by atoms with Crippen molar-refractivity contribution in [2.45, 2.75) is 20.0 Å². The van der Waals surface area contributed by atoms with E-state index in [2.05, 4.69) is 15.1 Å². The first-order valence-corrected chi connectivity index (χ1v) is 5.39. The Morgan fingerprint density at radius 3 is 2.44 bits per heavy atom. The number of nitrogens with one attached hydrogen (secondary N) is 1. The molecule has 18 heavy (non-hydrogen) atoms. The summed E-state index contributed by atoms with van der Waals surface area (Å²) < 4.78 is 39.3. The molecule has 0 aliphatic carbocycles. The number of aryl methyl sites for hydroxylation is 1. The topological polar surface area (TPSA) is 46.5 Å². The van der Waals surface area contributed by atoms with Crippen molar-refractivity contribution >= 4 is 12.2 Å². The first kappa shape index (κ1) is 12.7. The summed E-state index contributed by atoms with van der Waals surface area (Å²) in [5.74, 6) is 0.283. The van der Waals surface area contributed by atoms with Crippen molar-refractivity contribution in [1.82, 2.24) is 19.7 Å². The Morgan fingerprint density at radius 1 is 1.28 bits per heavy atom. The van der Waals surface area contributed by atoms with Crippen molar-refractivity contribution < 1.29 is 13.2 Å². The van der Waals surface area contributed by atoms with Crippen molar-refractivity contribution in [3.8, 4) is 5.82 Å². The molecule has 0 bridgehead atoms.